The van der Waals surface area contributed by atoms with Crippen LogP contribution in [0.2, 0.25) is 0 Å². The average Bonchev–Trinajstić information content (AvgIpc) is 2.76. The van der Waals surface area contributed by atoms with Crippen molar-refractivity contribution in [2.45, 2.75) is 31.5 Å². The minimum atomic E-state index is 0.0303. The van der Waals surface area contributed by atoms with Crippen molar-refractivity contribution in [1.29, 1.82) is 5.26 Å². The van der Waals surface area contributed by atoms with E-state index >= 15 is 0 Å². The van der Waals surface area contributed by atoms with Crippen LogP contribution in [0.4, 0.5) is 5.82 Å². The average molecular weight is 407 g/mol. The van der Waals surface area contributed by atoms with Crippen LogP contribution in [0.3, 0.4) is 0 Å². The molecule has 1 saturated heterocycles. The highest BCUT2D eigenvalue weighted by molar-refractivity contribution is 7.98. The standard InChI is InChI=1S/C21H22N6OS/c1-14-24-18-6-4-3-5-17(18)20(28)27(14)13-15-7-9-26(10-8-15)19-16(11-22)12-23-21(25-19)29-2/h3-6,12,15H,7-10,13H2,1-2H3. The first-order valence-electron chi connectivity index (χ1n) is 9.63. The Hall–Kier alpha value is -2.92. The summed E-state index contributed by atoms with van der Waals surface area (Å²) in [6.07, 6.45) is 5.39. The van der Waals surface area contributed by atoms with Crippen LogP contribution >= 0.6 is 11.8 Å². The lowest BCUT2D eigenvalue weighted by molar-refractivity contribution is 0.347. The number of benzene rings is 1. The van der Waals surface area contributed by atoms with Gasteiger partial charge in [-0.2, -0.15) is 5.26 Å². The molecule has 1 aliphatic rings. The SMILES string of the molecule is CSc1ncc(C#N)c(N2CCC(Cn3c(C)nc4ccccc4c3=O)CC2)n1. The van der Waals surface area contributed by atoms with Gasteiger partial charge in [-0.05, 0) is 44.1 Å². The lowest BCUT2D eigenvalue weighted by Crippen LogP contribution is -2.37. The molecule has 8 heteroatoms. The van der Waals surface area contributed by atoms with Crippen molar-refractivity contribution in [3.05, 3.63) is 52.2 Å². The highest BCUT2D eigenvalue weighted by Crippen LogP contribution is 2.26. The lowest BCUT2D eigenvalue weighted by Gasteiger charge is -2.33. The van der Waals surface area contributed by atoms with E-state index in [2.05, 4.69) is 25.9 Å². The first-order chi connectivity index (χ1) is 14.1. The molecule has 0 N–H and O–H groups in total. The van der Waals surface area contributed by atoms with Crippen LogP contribution in [0.15, 0.2) is 40.4 Å². The summed E-state index contributed by atoms with van der Waals surface area (Å²) >= 11 is 1.47. The molecular weight excluding hydrogens is 384 g/mol. The number of rotatable bonds is 4. The number of para-hydroxylation sites is 1. The Morgan fingerprint density at radius 2 is 2.00 bits per heavy atom. The highest BCUT2D eigenvalue weighted by Gasteiger charge is 2.24. The first kappa shape index (κ1) is 19.4. The predicted molar refractivity (Wildman–Crippen MR) is 114 cm³/mol. The Morgan fingerprint density at radius 3 is 2.72 bits per heavy atom. The molecular formula is C21H22N6OS. The largest absolute Gasteiger partial charge is 0.355 e. The van der Waals surface area contributed by atoms with E-state index in [-0.39, 0.29) is 5.56 Å². The zero-order valence-electron chi connectivity index (χ0n) is 16.5. The lowest BCUT2D eigenvalue weighted by atomic mass is 9.96. The Morgan fingerprint density at radius 1 is 1.24 bits per heavy atom. The number of hydrogen-bond donors (Lipinski definition) is 0. The monoisotopic (exact) mass is 406 g/mol. The van der Waals surface area contributed by atoms with Gasteiger partial charge in [0.1, 0.15) is 17.5 Å². The molecule has 0 bridgehead atoms. The Kier molecular flexibility index (Phi) is 5.49. The third-order valence-corrected chi connectivity index (χ3v) is 6.02. The van der Waals surface area contributed by atoms with Crippen LogP contribution in [-0.4, -0.2) is 38.9 Å². The first-order valence-corrected chi connectivity index (χ1v) is 10.9. The van der Waals surface area contributed by atoms with Gasteiger partial charge in [0.2, 0.25) is 0 Å². The summed E-state index contributed by atoms with van der Waals surface area (Å²) in [6.45, 7) is 4.17. The normalized spacial score (nSPS) is 14.9. The molecule has 0 radical (unpaired) electrons. The minimum absolute atomic E-state index is 0.0303. The fourth-order valence-electron chi connectivity index (χ4n) is 3.86. The van der Waals surface area contributed by atoms with Crippen molar-refractivity contribution in [3.8, 4) is 6.07 Å². The molecule has 0 unspecified atom stereocenters. The second-order valence-corrected chi connectivity index (χ2v) is 8.00. The minimum Gasteiger partial charge on any atom is -0.355 e. The molecule has 1 aliphatic heterocycles. The van der Waals surface area contributed by atoms with Crippen molar-refractivity contribution < 1.29 is 0 Å². The summed E-state index contributed by atoms with van der Waals surface area (Å²) in [5, 5.41) is 10.7. The molecule has 1 aromatic carbocycles. The number of hydrogen-bond acceptors (Lipinski definition) is 7. The van der Waals surface area contributed by atoms with E-state index in [0.717, 1.165) is 37.3 Å². The van der Waals surface area contributed by atoms with Gasteiger partial charge in [0, 0.05) is 19.6 Å². The van der Waals surface area contributed by atoms with Gasteiger partial charge in [0.25, 0.3) is 5.56 Å². The third kappa shape index (κ3) is 3.83. The molecule has 148 valence electrons. The number of anilines is 1. The molecule has 3 aromatic rings. The van der Waals surface area contributed by atoms with Gasteiger partial charge >= 0.3 is 0 Å². The maximum absolute atomic E-state index is 12.9. The fourth-order valence-corrected chi connectivity index (χ4v) is 4.19. The van der Waals surface area contributed by atoms with E-state index in [1.54, 1.807) is 10.8 Å². The van der Waals surface area contributed by atoms with Gasteiger partial charge in [0.05, 0.1) is 17.1 Å². The van der Waals surface area contributed by atoms with E-state index < -0.39 is 0 Å². The Balaban J connectivity index is 1.51. The van der Waals surface area contributed by atoms with E-state index in [4.69, 9.17) is 0 Å². The summed E-state index contributed by atoms with van der Waals surface area (Å²) in [6, 6.07) is 9.69. The van der Waals surface area contributed by atoms with Crippen molar-refractivity contribution >= 4 is 28.5 Å². The van der Waals surface area contributed by atoms with Gasteiger partial charge < -0.3 is 4.90 Å². The van der Waals surface area contributed by atoms with Crippen LogP contribution in [-0.2, 0) is 6.54 Å². The molecule has 0 aliphatic carbocycles. The van der Waals surface area contributed by atoms with Gasteiger partial charge in [-0.15, -0.1) is 0 Å². The summed E-state index contributed by atoms with van der Waals surface area (Å²) in [4.78, 5) is 28.4. The van der Waals surface area contributed by atoms with Crippen molar-refractivity contribution in [2.24, 2.45) is 5.92 Å². The topological polar surface area (TPSA) is 87.7 Å². The number of fused-ring (bicyclic) bond motifs is 1. The molecule has 1 fully saturated rings. The van der Waals surface area contributed by atoms with E-state index in [9.17, 15) is 10.1 Å². The van der Waals surface area contributed by atoms with Crippen molar-refractivity contribution in [3.63, 3.8) is 0 Å². The maximum Gasteiger partial charge on any atom is 0.261 e. The molecule has 29 heavy (non-hydrogen) atoms. The van der Waals surface area contributed by atoms with Gasteiger partial charge in [-0.1, -0.05) is 23.9 Å². The molecule has 0 amide bonds. The zero-order chi connectivity index (χ0) is 20.4. The van der Waals surface area contributed by atoms with Crippen LogP contribution in [0, 0.1) is 24.2 Å². The fraction of sp³-hybridized carbons (Fsp3) is 0.381. The molecule has 0 saturated carbocycles. The molecule has 7 nitrogen and oxygen atoms in total. The zero-order valence-corrected chi connectivity index (χ0v) is 17.3. The number of thioether (sulfide) groups is 1. The van der Waals surface area contributed by atoms with E-state index in [0.29, 0.717) is 34.4 Å². The Bertz CT molecular complexity index is 1140. The molecule has 3 heterocycles. The summed E-state index contributed by atoms with van der Waals surface area (Å²) in [5.41, 5.74) is 1.29. The number of nitriles is 1. The maximum atomic E-state index is 12.9. The second-order valence-electron chi connectivity index (χ2n) is 7.23. The third-order valence-electron chi connectivity index (χ3n) is 5.46. The molecule has 0 spiro atoms. The van der Waals surface area contributed by atoms with Crippen LogP contribution in [0.1, 0.15) is 24.2 Å². The van der Waals surface area contributed by atoms with Crippen LogP contribution < -0.4 is 10.5 Å². The quantitative estimate of drug-likeness (QED) is 0.486. The highest BCUT2D eigenvalue weighted by atomic mass is 32.2. The van der Waals surface area contributed by atoms with Gasteiger partial charge in [-0.3, -0.25) is 9.36 Å². The van der Waals surface area contributed by atoms with Gasteiger partial charge in [-0.25, -0.2) is 15.0 Å². The number of aryl methyl sites for hydroxylation is 1. The number of nitrogens with zero attached hydrogens (tertiary/aromatic N) is 6. The van der Waals surface area contributed by atoms with Crippen molar-refractivity contribution in [1.82, 2.24) is 19.5 Å². The van der Waals surface area contributed by atoms with Crippen LogP contribution in [0.5, 0.6) is 0 Å². The Labute approximate surface area is 173 Å². The molecule has 4 rings (SSSR count). The second kappa shape index (κ2) is 8.21. The van der Waals surface area contributed by atoms with E-state index in [1.165, 1.54) is 11.8 Å². The summed E-state index contributed by atoms with van der Waals surface area (Å²) < 4.78 is 1.81. The van der Waals surface area contributed by atoms with Gasteiger partial charge in [0.15, 0.2) is 11.0 Å². The number of piperidine rings is 1. The molecule has 0 atom stereocenters. The number of aromatic nitrogens is 4. The summed E-state index contributed by atoms with van der Waals surface area (Å²) in [5.74, 6) is 1.85. The predicted octanol–water partition coefficient (Wildman–Crippen LogP) is 3.01. The smallest absolute Gasteiger partial charge is 0.261 e. The molecule has 2 aromatic heterocycles. The summed E-state index contributed by atoms with van der Waals surface area (Å²) in [7, 11) is 0. The van der Waals surface area contributed by atoms with Crippen LogP contribution in [0.25, 0.3) is 10.9 Å². The van der Waals surface area contributed by atoms with Crippen molar-refractivity contribution in [2.75, 3.05) is 24.2 Å². The van der Waals surface area contributed by atoms with E-state index in [1.807, 2.05) is 37.4 Å².